The number of hydrogen-bond acceptors (Lipinski definition) is 4. The number of ketones is 1. The van der Waals surface area contributed by atoms with Gasteiger partial charge in [0, 0.05) is 16.0 Å². The molecule has 0 amide bonds. The lowest BCUT2D eigenvalue weighted by Gasteiger charge is -2.01. The van der Waals surface area contributed by atoms with Crippen molar-refractivity contribution < 1.29 is 4.79 Å². The van der Waals surface area contributed by atoms with Crippen molar-refractivity contribution in [1.29, 1.82) is 0 Å². The fourth-order valence-electron chi connectivity index (χ4n) is 1.40. The van der Waals surface area contributed by atoms with Crippen molar-refractivity contribution in [1.82, 2.24) is 4.57 Å². The molecule has 2 aromatic rings. The average molecular weight is 253 g/mol. The Bertz CT molecular complexity index is 577. The standard InChI is InChI=1S/C11H11NO2S2/c1-7-6-15-11(14)12(7)5-9(13)10-4-3-8(2)16-10/h3-4,6H,5H2,1-2H3. The SMILES string of the molecule is Cc1ccc(C(=O)Cn2c(C)csc2=O)s1. The number of rotatable bonds is 3. The number of carbonyl (C=O) groups is 1. The summed E-state index contributed by atoms with van der Waals surface area (Å²) in [5.74, 6) is 0.00157. The van der Waals surface area contributed by atoms with Crippen molar-refractivity contribution in [2.45, 2.75) is 20.4 Å². The maximum atomic E-state index is 11.9. The molecule has 0 aliphatic heterocycles. The van der Waals surface area contributed by atoms with Crippen LogP contribution in [-0.2, 0) is 6.54 Å². The maximum absolute atomic E-state index is 11.9. The minimum atomic E-state index is -0.0703. The molecular weight excluding hydrogens is 242 g/mol. The van der Waals surface area contributed by atoms with Gasteiger partial charge in [0.15, 0.2) is 5.78 Å². The molecule has 0 aromatic carbocycles. The van der Waals surface area contributed by atoms with E-state index in [0.717, 1.165) is 26.8 Å². The Balaban J connectivity index is 2.23. The summed E-state index contributed by atoms with van der Waals surface area (Å²) in [6, 6.07) is 3.73. The zero-order chi connectivity index (χ0) is 11.7. The smallest absolute Gasteiger partial charge is 0.296 e. The summed E-state index contributed by atoms with van der Waals surface area (Å²) in [5.41, 5.74) is 0.844. The van der Waals surface area contributed by atoms with E-state index in [0.29, 0.717) is 0 Å². The summed E-state index contributed by atoms with van der Waals surface area (Å²) in [6.45, 7) is 3.95. The number of hydrogen-bond donors (Lipinski definition) is 0. The maximum Gasteiger partial charge on any atom is 0.307 e. The van der Waals surface area contributed by atoms with Crippen LogP contribution in [0.25, 0.3) is 0 Å². The monoisotopic (exact) mass is 253 g/mol. The van der Waals surface area contributed by atoms with Crippen LogP contribution >= 0.6 is 22.7 Å². The minimum Gasteiger partial charge on any atom is -0.296 e. The third-order valence-corrected chi connectivity index (χ3v) is 4.22. The minimum absolute atomic E-state index is 0.00157. The summed E-state index contributed by atoms with van der Waals surface area (Å²) in [6.07, 6.45) is 0. The lowest BCUT2D eigenvalue weighted by atomic mass is 10.3. The summed E-state index contributed by atoms with van der Waals surface area (Å²) >= 11 is 2.60. The number of aryl methyl sites for hydroxylation is 2. The highest BCUT2D eigenvalue weighted by atomic mass is 32.1. The van der Waals surface area contributed by atoms with E-state index < -0.39 is 0 Å². The Morgan fingerprint density at radius 1 is 1.38 bits per heavy atom. The van der Waals surface area contributed by atoms with Crippen LogP contribution in [0.5, 0.6) is 0 Å². The third kappa shape index (κ3) is 2.15. The summed E-state index contributed by atoms with van der Waals surface area (Å²) in [7, 11) is 0. The molecule has 0 unspecified atom stereocenters. The largest absolute Gasteiger partial charge is 0.307 e. The van der Waals surface area contributed by atoms with E-state index >= 15 is 0 Å². The number of aromatic nitrogens is 1. The predicted octanol–water partition coefficient (Wildman–Crippen LogP) is 2.47. The summed E-state index contributed by atoms with van der Waals surface area (Å²) < 4.78 is 1.52. The van der Waals surface area contributed by atoms with Crippen LogP contribution in [0.4, 0.5) is 0 Å². The Kier molecular flexibility index (Phi) is 3.07. The number of thiazole rings is 1. The van der Waals surface area contributed by atoms with Gasteiger partial charge >= 0.3 is 4.87 Å². The molecule has 2 aromatic heterocycles. The Hall–Kier alpha value is -1.20. The molecule has 0 aliphatic rings. The van der Waals surface area contributed by atoms with Crippen molar-refractivity contribution in [3.8, 4) is 0 Å². The van der Waals surface area contributed by atoms with Gasteiger partial charge in [0.05, 0.1) is 11.4 Å². The van der Waals surface area contributed by atoms with E-state index in [9.17, 15) is 9.59 Å². The Morgan fingerprint density at radius 2 is 2.12 bits per heavy atom. The molecule has 16 heavy (non-hydrogen) atoms. The van der Waals surface area contributed by atoms with Gasteiger partial charge in [-0.2, -0.15) is 0 Å². The van der Waals surface area contributed by atoms with Crippen LogP contribution in [0.3, 0.4) is 0 Å². The second-order valence-electron chi connectivity index (χ2n) is 3.56. The highest BCUT2D eigenvalue weighted by molar-refractivity contribution is 7.14. The van der Waals surface area contributed by atoms with E-state index in [2.05, 4.69) is 0 Å². The molecular formula is C11H11NO2S2. The molecule has 2 rings (SSSR count). The van der Waals surface area contributed by atoms with Gasteiger partial charge in [-0.15, -0.1) is 11.3 Å². The zero-order valence-electron chi connectivity index (χ0n) is 9.02. The molecule has 84 valence electrons. The second-order valence-corrected chi connectivity index (χ2v) is 5.67. The zero-order valence-corrected chi connectivity index (χ0v) is 10.7. The van der Waals surface area contributed by atoms with Crippen molar-refractivity contribution in [2.24, 2.45) is 0 Å². The molecule has 2 heterocycles. The van der Waals surface area contributed by atoms with Gasteiger partial charge in [-0.25, -0.2) is 0 Å². The molecule has 0 bridgehead atoms. The lowest BCUT2D eigenvalue weighted by Crippen LogP contribution is -2.20. The fraction of sp³-hybridized carbons (Fsp3) is 0.273. The first-order valence-corrected chi connectivity index (χ1v) is 6.52. The molecule has 0 saturated carbocycles. The van der Waals surface area contributed by atoms with Crippen LogP contribution in [0, 0.1) is 13.8 Å². The highest BCUT2D eigenvalue weighted by Gasteiger charge is 2.11. The van der Waals surface area contributed by atoms with Crippen LogP contribution in [0.2, 0.25) is 0 Å². The highest BCUT2D eigenvalue weighted by Crippen LogP contribution is 2.16. The topological polar surface area (TPSA) is 39.1 Å². The summed E-state index contributed by atoms with van der Waals surface area (Å²) in [5, 5.41) is 1.77. The van der Waals surface area contributed by atoms with Crippen LogP contribution < -0.4 is 4.87 Å². The Labute approximate surface area is 101 Å². The van der Waals surface area contributed by atoms with E-state index in [1.165, 1.54) is 15.9 Å². The molecule has 0 N–H and O–H groups in total. The molecule has 0 fully saturated rings. The molecule has 0 spiro atoms. The van der Waals surface area contributed by atoms with Crippen molar-refractivity contribution >= 4 is 28.5 Å². The first kappa shape index (κ1) is 11.3. The molecule has 3 nitrogen and oxygen atoms in total. The Morgan fingerprint density at radius 3 is 2.62 bits per heavy atom. The van der Waals surface area contributed by atoms with Gasteiger partial charge in [-0.1, -0.05) is 11.3 Å². The van der Waals surface area contributed by atoms with Crippen LogP contribution in [0.1, 0.15) is 20.2 Å². The van der Waals surface area contributed by atoms with Gasteiger partial charge in [0.25, 0.3) is 0 Å². The first-order valence-electron chi connectivity index (χ1n) is 4.82. The quantitative estimate of drug-likeness (QED) is 0.788. The molecule has 0 saturated heterocycles. The van der Waals surface area contributed by atoms with Gasteiger partial charge in [0.2, 0.25) is 0 Å². The average Bonchev–Trinajstić information content (AvgIpc) is 2.79. The summed E-state index contributed by atoms with van der Waals surface area (Å²) in [4.78, 5) is 25.1. The van der Waals surface area contributed by atoms with E-state index in [-0.39, 0.29) is 17.2 Å². The first-order chi connectivity index (χ1) is 7.58. The molecule has 0 aliphatic carbocycles. The van der Waals surface area contributed by atoms with Gasteiger partial charge < -0.3 is 0 Å². The fourth-order valence-corrected chi connectivity index (χ4v) is 2.93. The van der Waals surface area contributed by atoms with Crippen molar-refractivity contribution in [2.75, 3.05) is 0 Å². The van der Waals surface area contributed by atoms with Crippen molar-refractivity contribution in [3.63, 3.8) is 0 Å². The van der Waals surface area contributed by atoms with Gasteiger partial charge in [-0.3, -0.25) is 14.2 Å². The van der Waals surface area contributed by atoms with E-state index in [1.54, 1.807) is 5.38 Å². The van der Waals surface area contributed by atoms with Crippen molar-refractivity contribution in [3.05, 3.63) is 42.6 Å². The number of Topliss-reactive ketones (excluding diaryl/α,β-unsaturated/α-hetero) is 1. The molecule has 0 atom stereocenters. The molecule has 5 heteroatoms. The van der Waals surface area contributed by atoms with Gasteiger partial charge in [-0.05, 0) is 26.0 Å². The third-order valence-electron chi connectivity index (χ3n) is 2.29. The lowest BCUT2D eigenvalue weighted by molar-refractivity contribution is 0.0974. The predicted molar refractivity (Wildman–Crippen MR) is 66.7 cm³/mol. The van der Waals surface area contributed by atoms with Gasteiger partial charge in [0.1, 0.15) is 0 Å². The number of carbonyl (C=O) groups excluding carboxylic acids is 1. The van der Waals surface area contributed by atoms with E-state index in [1.807, 2.05) is 26.0 Å². The van der Waals surface area contributed by atoms with Crippen LogP contribution in [0.15, 0.2) is 22.3 Å². The number of thiophene rings is 1. The number of nitrogens with zero attached hydrogens (tertiary/aromatic N) is 1. The normalized spacial score (nSPS) is 10.6. The van der Waals surface area contributed by atoms with E-state index in [4.69, 9.17) is 0 Å². The van der Waals surface area contributed by atoms with Crippen LogP contribution in [-0.4, -0.2) is 10.4 Å². The molecule has 0 radical (unpaired) electrons. The second kappa shape index (κ2) is 4.35.